The van der Waals surface area contributed by atoms with Gasteiger partial charge in [0.2, 0.25) is 0 Å². The van der Waals surface area contributed by atoms with E-state index in [1.807, 2.05) is 0 Å². The van der Waals surface area contributed by atoms with Crippen LogP contribution >= 0.6 is 0 Å². The second-order valence-electron chi connectivity index (χ2n) is 0.742. The molecular weight excluding hydrogens is 279 g/mol. The van der Waals surface area contributed by atoms with Crippen molar-refractivity contribution in [1.29, 1.82) is 0 Å². The molecule has 0 heterocycles. The Hall–Kier alpha value is 1.07. The standard InChI is InChI=1S/C2H6OS.Pb.2H/c1-4(2)3;;;/h1-2H3;;;. The molecule has 0 saturated carbocycles. The maximum atomic E-state index is 9.56. The van der Waals surface area contributed by atoms with Gasteiger partial charge in [0.1, 0.15) is 0 Å². The molecule has 0 fully saturated rings. The van der Waals surface area contributed by atoms with Crippen LogP contribution in [0.3, 0.4) is 0 Å². The SMILES string of the molecule is CS(C)=O.[PbH2]. The van der Waals surface area contributed by atoms with Gasteiger partial charge in [0.05, 0.1) is 0 Å². The quantitative estimate of drug-likeness (QED) is 0.527. The zero-order valence-electron chi connectivity index (χ0n) is 3.52. The van der Waals surface area contributed by atoms with Crippen molar-refractivity contribution in [3.8, 4) is 0 Å². The summed E-state index contributed by atoms with van der Waals surface area (Å²) in [4.78, 5) is 0. The molecule has 32 valence electrons. The Morgan fingerprint density at radius 3 is 1.40 bits per heavy atom. The van der Waals surface area contributed by atoms with Crippen LogP contribution in [0, 0.1) is 0 Å². The molecule has 0 bridgehead atoms. The summed E-state index contributed by atoms with van der Waals surface area (Å²) in [7, 11) is -0.611. The van der Waals surface area contributed by atoms with Crippen molar-refractivity contribution in [1.82, 2.24) is 0 Å². The van der Waals surface area contributed by atoms with Crippen molar-refractivity contribution in [3.05, 3.63) is 0 Å². The van der Waals surface area contributed by atoms with Crippen molar-refractivity contribution in [2.45, 2.75) is 0 Å². The fourth-order valence-electron chi connectivity index (χ4n) is 0. The predicted octanol–water partition coefficient (Wildman–Crippen LogP) is -0.921. The first-order chi connectivity index (χ1) is 1.73. The average Bonchev–Trinajstić information content (AvgIpc) is 0.811. The Morgan fingerprint density at radius 2 is 1.40 bits per heavy atom. The zero-order chi connectivity index (χ0) is 3.58. The predicted molar refractivity (Wildman–Crippen MR) is 28.5 cm³/mol. The van der Waals surface area contributed by atoms with Gasteiger partial charge in [-0.05, 0) is 0 Å². The minimum atomic E-state index is -0.611. The van der Waals surface area contributed by atoms with E-state index in [0.29, 0.717) is 0 Å². The summed E-state index contributed by atoms with van der Waals surface area (Å²) in [6.45, 7) is 0. The first-order valence-electron chi connectivity index (χ1n) is 0.983. The summed E-state index contributed by atoms with van der Waals surface area (Å²) < 4.78 is 9.56. The molecule has 0 aliphatic rings. The molecule has 0 aromatic carbocycles. The molecule has 0 saturated heterocycles. The molecule has 2 radical (unpaired) electrons. The summed E-state index contributed by atoms with van der Waals surface area (Å²) in [5.41, 5.74) is 0. The topological polar surface area (TPSA) is 17.1 Å². The van der Waals surface area contributed by atoms with E-state index < -0.39 is 10.8 Å². The van der Waals surface area contributed by atoms with Crippen LogP contribution in [-0.2, 0) is 10.8 Å². The van der Waals surface area contributed by atoms with E-state index in [1.54, 1.807) is 12.5 Å². The Labute approximate surface area is 54.8 Å². The summed E-state index contributed by atoms with van der Waals surface area (Å²) in [5, 5.41) is 0. The van der Waals surface area contributed by atoms with Gasteiger partial charge in [0.25, 0.3) is 0 Å². The van der Waals surface area contributed by atoms with Gasteiger partial charge in [-0.25, -0.2) is 0 Å². The van der Waals surface area contributed by atoms with Gasteiger partial charge in [0, 0.05) is 23.3 Å². The Morgan fingerprint density at radius 1 is 1.40 bits per heavy atom. The van der Waals surface area contributed by atoms with Gasteiger partial charge >= 0.3 is 27.3 Å². The molecule has 1 nitrogen and oxygen atoms in total. The van der Waals surface area contributed by atoms with E-state index >= 15 is 0 Å². The summed E-state index contributed by atoms with van der Waals surface area (Å²) >= 11 is 0. The molecule has 0 amide bonds. The molecule has 0 aromatic heterocycles. The number of hydrogen-bond acceptors (Lipinski definition) is 1. The summed E-state index contributed by atoms with van der Waals surface area (Å²) in [5.74, 6) is 0. The molecule has 0 aliphatic carbocycles. The normalized spacial score (nSPS) is 7.00. The molecule has 0 aromatic rings. The van der Waals surface area contributed by atoms with Crippen molar-refractivity contribution in [3.63, 3.8) is 0 Å². The van der Waals surface area contributed by atoms with Crippen LogP contribution in [0.5, 0.6) is 0 Å². The zero-order valence-corrected chi connectivity index (χ0v) is 9.84. The monoisotopic (exact) mass is 288 g/mol. The third-order valence-corrected chi connectivity index (χ3v) is 0. The van der Waals surface area contributed by atoms with Crippen molar-refractivity contribution in [2.24, 2.45) is 0 Å². The molecule has 0 N–H and O–H groups in total. The molecule has 0 atom stereocenters. The van der Waals surface area contributed by atoms with Crippen molar-refractivity contribution >= 4 is 38.1 Å². The van der Waals surface area contributed by atoms with Gasteiger partial charge in [-0.15, -0.1) is 0 Å². The fourth-order valence-corrected chi connectivity index (χ4v) is 0. The molecule has 5 heavy (non-hydrogen) atoms. The van der Waals surface area contributed by atoms with Gasteiger partial charge < -0.3 is 0 Å². The van der Waals surface area contributed by atoms with Crippen LogP contribution in [0.2, 0.25) is 0 Å². The Balaban J connectivity index is 0. The second-order valence-corrected chi connectivity index (χ2v) is 2.22. The molecule has 0 unspecified atom stereocenters. The Kier molecular flexibility index (Phi) is 9.56. The van der Waals surface area contributed by atoms with Crippen LogP contribution in [-0.4, -0.2) is 44.0 Å². The average molecular weight is 287 g/mol. The number of hydrogen-bond donors (Lipinski definition) is 0. The van der Waals surface area contributed by atoms with E-state index in [4.69, 9.17) is 0 Å². The van der Waals surface area contributed by atoms with Crippen LogP contribution in [0.25, 0.3) is 0 Å². The number of rotatable bonds is 0. The summed E-state index contributed by atoms with van der Waals surface area (Å²) in [6.07, 6.45) is 3.28. The van der Waals surface area contributed by atoms with E-state index in [1.165, 1.54) is 0 Å². The van der Waals surface area contributed by atoms with E-state index in [9.17, 15) is 4.21 Å². The molecular formula is C2H8OPbS. The van der Waals surface area contributed by atoms with E-state index in [0.717, 1.165) is 0 Å². The van der Waals surface area contributed by atoms with Crippen molar-refractivity contribution in [2.75, 3.05) is 12.5 Å². The first-order valence-corrected chi connectivity index (χ1v) is 2.95. The van der Waals surface area contributed by atoms with Crippen LogP contribution < -0.4 is 0 Å². The van der Waals surface area contributed by atoms with E-state index in [-0.39, 0.29) is 27.3 Å². The van der Waals surface area contributed by atoms with Crippen LogP contribution in [0.1, 0.15) is 0 Å². The van der Waals surface area contributed by atoms with Gasteiger partial charge in [-0.1, -0.05) is 0 Å². The van der Waals surface area contributed by atoms with E-state index in [2.05, 4.69) is 0 Å². The third kappa shape index (κ3) is 41.6. The molecule has 0 spiro atoms. The summed E-state index contributed by atoms with van der Waals surface area (Å²) in [6, 6.07) is 0. The molecule has 3 heteroatoms. The molecule has 0 aliphatic heterocycles. The second kappa shape index (κ2) is 5.07. The maximum absolute atomic E-state index is 9.56. The molecule has 0 rings (SSSR count). The van der Waals surface area contributed by atoms with Gasteiger partial charge in [-0.2, -0.15) is 0 Å². The van der Waals surface area contributed by atoms with Gasteiger partial charge in [-0.3, -0.25) is 4.21 Å². The third-order valence-electron chi connectivity index (χ3n) is 0. The van der Waals surface area contributed by atoms with Crippen LogP contribution in [0.15, 0.2) is 0 Å². The van der Waals surface area contributed by atoms with Crippen molar-refractivity contribution < 1.29 is 4.21 Å². The first kappa shape index (κ1) is 9.42. The fraction of sp³-hybridized carbons (Fsp3) is 1.00. The Bertz CT molecular complexity index is 32.6. The minimum absolute atomic E-state index is 0. The van der Waals surface area contributed by atoms with Gasteiger partial charge in [0.15, 0.2) is 0 Å². The van der Waals surface area contributed by atoms with Crippen LogP contribution in [0.4, 0.5) is 0 Å².